The molecule has 1 aliphatic rings. The van der Waals surface area contributed by atoms with Crippen LogP contribution in [0.2, 0.25) is 0 Å². The maximum Gasteiger partial charge on any atom is 0.0963 e. The fraction of sp³-hybridized carbons (Fsp3) is 0.833. The minimum atomic E-state index is 0.280. The normalized spacial score (nSPS) is 20.0. The molecule has 3 heteroatoms. The molecule has 1 fully saturated rings. The summed E-state index contributed by atoms with van der Waals surface area (Å²) in [5.41, 5.74) is 0. The van der Waals surface area contributed by atoms with Crippen LogP contribution in [0, 0.1) is 0 Å². The summed E-state index contributed by atoms with van der Waals surface area (Å²) in [5, 5.41) is 0. The van der Waals surface area contributed by atoms with E-state index in [4.69, 9.17) is 4.74 Å². The van der Waals surface area contributed by atoms with Crippen LogP contribution in [-0.4, -0.2) is 10.5 Å². The van der Waals surface area contributed by atoms with Gasteiger partial charge in [-0.2, -0.15) is 0 Å². The fourth-order valence-corrected chi connectivity index (χ4v) is 1.41. The molecule has 0 spiro atoms. The second-order valence-electron chi connectivity index (χ2n) is 2.27. The number of hydrogen-bond donors (Lipinski definition) is 0. The molecule has 1 aliphatic carbocycles. The summed E-state index contributed by atoms with van der Waals surface area (Å²) in [4.78, 5) is 0. The summed E-state index contributed by atoms with van der Waals surface area (Å²) in [6, 6.07) is 0. The van der Waals surface area contributed by atoms with Gasteiger partial charge in [0.05, 0.1) is 6.10 Å². The van der Waals surface area contributed by atoms with Crippen LogP contribution < -0.4 is 0 Å². The predicted octanol–water partition coefficient (Wildman–Crippen LogP) is 1.78. The topological polar surface area (TPSA) is 9.23 Å². The standard InChI is InChI=1S/C6H10OS2/c8-6(9)7-5-3-1-2-4-5/h5H,1-4H2,(H,8,9)/p-1. The molecule has 0 heterocycles. The van der Waals surface area contributed by atoms with Crippen molar-refractivity contribution in [1.29, 1.82) is 0 Å². The molecule has 1 saturated carbocycles. The number of hydrogen-bond acceptors (Lipinski definition) is 3. The largest absolute Gasteiger partial charge is 0.510 e. The van der Waals surface area contributed by atoms with E-state index >= 15 is 0 Å². The van der Waals surface area contributed by atoms with Crippen LogP contribution in [0.5, 0.6) is 0 Å². The van der Waals surface area contributed by atoms with Crippen molar-refractivity contribution in [2.45, 2.75) is 31.8 Å². The van der Waals surface area contributed by atoms with Crippen molar-refractivity contribution >= 4 is 29.2 Å². The average Bonchev–Trinajstić information content (AvgIpc) is 2.15. The monoisotopic (exact) mass is 161 g/mol. The van der Waals surface area contributed by atoms with Crippen LogP contribution in [0.15, 0.2) is 0 Å². The van der Waals surface area contributed by atoms with Gasteiger partial charge in [0, 0.05) is 4.38 Å². The Balaban J connectivity index is 2.19. The van der Waals surface area contributed by atoms with Crippen LogP contribution in [0.4, 0.5) is 0 Å². The van der Waals surface area contributed by atoms with Crippen molar-refractivity contribution < 1.29 is 4.74 Å². The fourth-order valence-electron chi connectivity index (χ4n) is 1.14. The van der Waals surface area contributed by atoms with Crippen molar-refractivity contribution in [2.24, 2.45) is 0 Å². The molecule has 0 aliphatic heterocycles. The Morgan fingerprint density at radius 2 is 2.00 bits per heavy atom. The third-order valence-electron chi connectivity index (χ3n) is 1.57. The van der Waals surface area contributed by atoms with Crippen molar-refractivity contribution in [2.75, 3.05) is 0 Å². The highest BCUT2D eigenvalue weighted by Gasteiger charge is 2.14. The van der Waals surface area contributed by atoms with Gasteiger partial charge < -0.3 is 29.6 Å². The molecule has 1 nitrogen and oxygen atoms in total. The smallest absolute Gasteiger partial charge is 0.0963 e. The Kier molecular flexibility index (Phi) is 2.66. The Hall–Kier alpha value is 0.110. The van der Waals surface area contributed by atoms with Crippen molar-refractivity contribution in [3.05, 3.63) is 0 Å². The van der Waals surface area contributed by atoms with Gasteiger partial charge in [-0.1, -0.05) is 0 Å². The summed E-state index contributed by atoms with van der Waals surface area (Å²) in [6.45, 7) is 0. The van der Waals surface area contributed by atoms with E-state index in [2.05, 4.69) is 24.8 Å². The quantitative estimate of drug-likeness (QED) is 0.428. The number of ether oxygens (including phenoxy) is 1. The van der Waals surface area contributed by atoms with Crippen molar-refractivity contribution in [1.82, 2.24) is 0 Å². The number of thiocarbonyl (C=S) groups is 1. The lowest BCUT2D eigenvalue weighted by molar-refractivity contribution is 0.209. The van der Waals surface area contributed by atoms with Gasteiger partial charge in [-0.15, -0.1) is 0 Å². The Labute approximate surface area is 66.2 Å². The van der Waals surface area contributed by atoms with Gasteiger partial charge in [-0.25, -0.2) is 0 Å². The highest BCUT2D eigenvalue weighted by Crippen LogP contribution is 2.20. The summed E-state index contributed by atoms with van der Waals surface area (Å²) in [5.74, 6) is 0. The first-order chi connectivity index (χ1) is 4.29. The van der Waals surface area contributed by atoms with Crippen molar-refractivity contribution in [3.8, 4) is 0 Å². The third-order valence-corrected chi connectivity index (χ3v) is 1.76. The molecule has 0 amide bonds. The van der Waals surface area contributed by atoms with Gasteiger partial charge in [0.2, 0.25) is 0 Å². The first kappa shape index (κ1) is 7.22. The SMILES string of the molecule is S=C([S-])OC1CCCC1. The first-order valence-corrected chi connectivity index (χ1v) is 3.98. The second kappa shape index (κ2) is 3.32. The molecule has 1 rings (SSSR count). The minimum Gasteiger partial charge on any atom is -0.510 e. The summed E-state index contributed by atoms with van der Waals surface area (Å²) < 4.78 is 5.44. The van der Waals surface area contributed by atoms with Crippen LogP contribution in [0.25, 0.3) is 0 Å². The molecule has 52 valence electrons. The molecule has 0 radical (unpaired) electrons. The van der Waals surface area contributed by atoms with Crippen LogP contribution in [0.1, 0.15) is 25.7 Å². The van der Waals surface area contributed by atoms with Crippen LogP contribution in [-0.2, 0) is 17.4 Å². The highest BCUT2D eigenvalue weighted by molar-refractivity contribution is 7.99. The lowest BCUT2D eigenvalue weighted by atomic mass is 10.3. The zero-order valence-corrected chi connectivity index (χ0v) is 6.76. The van der Waals surface area contributed by atoms with E-state index in [1.165, 1.54) is 12.8 Å². The van der Waals surface area contributed by atoms with E-state index in [-0.39, 0.29) is 4.38 Å². The molecule has 0 aromatic carbocycles. The molecule has 9 heavy (non-hydrogen) atoms. The minimum absolute atomic E-state index is 0.280. The van der Waals surface area contributed by atoms with Gasteiger partial charge in [-0.05, 0) is 25.7 Å². The summed E-state index contributed by atoms with van der Waals surface area (Å²) in [7, 11) is 0. The molecule has 0 bridgehead atoms. The third kappa shape index (κ3) is 2.45. The highest BCUT2D eigenvalue weighted by atomic mass is 32.1. The van der Waals surface area contributed by atoms with E-state index < -0.39 is 0 Å². The number of rotatable bonds is 1. The molecule has 0 N–H and O–H groups in total. The van der Waals surface area contributed by atoms with Gasteiger partial charge >= 0.3 is 0 Å². The zero-order valence-electron chi connectivity index (χ0n) is 5.13. The first-order valence-electron chi connectivity index (χ1n) is 3.16. The molecule has 0 aromatic rings. The molecule has 0 unspecified atom stereocenters. The Morgan fingerprint density at radius 1 is 1.44 bits per heavy atom. The van der Waals surface area contributed by atoms with E-state index in [0.717, 1.165) is 12.8 Å². The zero-order chi connectivity index (χ0) is 6.69. The summed E-state index contributed by atoms with van der Waals surface area (Å²) >= 11 is 9.25. The van der Waals surface area contributed by atoms with E-state index in [9.17, 15) is 0 Å². The van der Waals surface area contributed by atoms with E-state index in [0.29, 0.717) is 6.10 Å². The molecular formula is C6H9OS2-. The van der Waals surface area contributed by atoms with Gasteiger partial charge in [0.25, 0.3) is 0 Å². The van der Waals surface area contributed by atoms with E-state index in [1.54, 1.807) is 0 Å². The lowest BCUT2D eigenvalue weighted by Gasteiger charge is -2.15. The van der Waals surface area contributed by atoms with Gasteiger partial charge in [0.1, 0.15) is 0 Å². The predicted molar refractivity (Wildman–Crippen MR) is 43.3 cm³/mol. The molecule has 0 saturated heterocycles. The molecule has 0 atom stereocenters. The molecular weight excluding hydrogens is 152 g/mol. The van der Waals surface area contributed by atoms with Crippen LogP contribution in [0.3, 0.4) is 0 Å². The van der Waals surface area contributed by atoms with Crippen molar-refractivity contribution in [3.63, 3.8) is 0 Å². The second-order valence-corrected chi connectivity index (χ2v) is 3.27. The Morgan fingerprint density at radius 3 is 2.44 bits per heavy atom. The van der Waals surface area contributed by atoms with E-state index in [1.807, 2.05) is 0 Å². The maximum atomic E-state index is 5.16. The van der Waals surface area contributed by atoms with Gasteiger partial charge in [-0.3, -0.25) is 0 Å². The van der Waals surface area contributed by atoms with Crippen LogP contribution >= 0.6 is 12.2 Å². The molecule has 0 aromatic heterocycles. The lowest BCUT2D eigenvalue weighted by Crippen LogP contribution is -2.10. The Bertz CT molecular complexity index is 108. The summed E-state index contributed by atoms with van der Waals surface area (Å²) in [6.07, 6.45) is 5.15. The van der Waals surface area contributed by atoms with Gasteiger partial charge in [0.15, 0.2) is 0 Å². The average molecular weight is 161 g/mol. The maximum absolute atomic E-state index is 5.16.